The van der Waals surface area contributed by atoms with Gasteiger partial charge in [-0.2, -0.15) is 10.1 Å². The van der Waals surface area contributed by atoms with E-state index >= 15 is 0 Å². The number of benzene rings is 1. The predicted molar refractivity (Wildman–Crippen MR) is 94.3 cm³/mol. The Kier molecular flexibility index (Phi) is 3.41. The van der Waals surface area contributed by atoms with Crippen LogP contribution in [-0.2, 0) is 19.3 Å². The topological polar surface area (TPSA) is 109 Å². The van der Waals surface area contributed by atoms with Gasteiger partial charge in [0.15, 0.2) is 11.5 Å². The number of nitrogen functional groups attached to an aromatic ring is 1. The Morgan fingerprint density at radius 3 is 2.88 bits per heavy atom. The molecule has 1 atom stereocenters. The van der Waals surface area contributed by atoms with E-state index in [1.165, 1.54) is 23.8 Å². The van der Waals surface area contributed by atoms with Crippen molar-refractivity contribution in [2.45, 2.75) is 31.7 Å². The summed E-state index contributed by atoms with van der Waals surface area (Å²) in [6, 6.07) is 8.82. The molecule has 8 heteroatoms. The fraction of sp³-hybridized carbons (Fsp3) is 0.278. The maximum Gasteiger partial charge on any atom is 0.213 e. The average Bonchev–Trinajstić information content (AvgIpc) is 3.30. The first-order valence-electron chi connectivity index (χ1n) is 8.59. The summed E-state index contributed by atoms with van der Waals surface area (Å²) >= 11 is 0. The third-order valence-corrected chi connectivity index (χ3v) is 4.99. The van der Waals surface area contributed by atoms with Crippen LogP contribution in [0.25, 0.3) is 11.0 Å². The number of anilines is 1. The van der Waals surface area contributed by atoms with E-state index in [1.807, 2.05) is 4.68 Å². The monoisotopic (exact) mass is 347 g/mol. The van der Waals surface area contributed by atoms with Crippen molar-refractivity contribution in [3.8, 4) is 0 Å². The normalized spacial score (nSPS) is 16.7. The Balaban J connectivity index is 1.59. The molecule has 26 heavy (non-hydrogen) atoms. The van der Waals surface area contributed by atoms with Gasteiger partial charge in [0.1, 0.15) is 12.1 Å². The van der Waals surface area contributed by atoms with Crippen molar-refractivity contribution in [2.75, 3.05) is 5.73 Å². The maximum atomic E-state index is 6.14. The Morgan fingerprint density at radius 1 is 1.15 bits per heavy atom. The number of fused-ring (bicyclic) bond motifs is 2. The van der Waals surface area contributed by atoms with Gasteiger partial charge in [-0.25, -0.2) is 14.6 Å². The van der Waals surface area contributed by atoms with E-state index < -0.39 is 0 Å². The molecule has 0 radical (unpaired) electrons. The molecule has 0 aliphatic heterocycles. The summed E-state index contributed by atoms with van der Waals surface area (Å²) in [5, 5.41) is 9.49. The molecule has 0 saturated carbocycles. The van der Waals surface area contributed by atoms with E-state index in [0.29, 0.717) is 18.1 Å². The van der Waals surface area contributed by atoms with Crippen molar-refractivity contribution in [3.63, 3.8) is 0 Å². The average molecular weight is 347 g/mol. The molecular weight excluding hydrogens is 330 g/mol. The molecule has 3 heterocycles. The van der Waals surface area contributed by atoms with Gasteiger partial charge in [0.25, 0.3) is 0 Å². The summed E-state index contributed by atoms with van der Waals surface area (Å²) in [7, 11) is 0. The van der Waals surface area contributed by atoms with Gasteiger partial charge in [0, 0.05) is 0 Å². The third-order valence-electron chi connectivity index (χ3n) is 4.99. The van der Waals surface area contributed by atoms with Gasteiger partial charge in [0.05, 0.1) is 23.5 Å². The highest BCUT2D eigenvalue weighted by atomic mass is 16.5. The summed E-state index contributed by atoms with van der Waals surface area (Å²) in [5.74, 6) is 0.991. The first-order chi connectivity index (χ1) is 12.8. The number of hydrogen-bond donors (Lipinski definition) is 1. The summed E-state index contributed by atoms with van der Waals surface area (Å²) in [4.78, 5) is 12.7. The first-order valence-corrected chi connectivity index (χ1v) is 8.59. The molecule has 0 spiro atoms. The van der Waals surface area contributed by atoms with E-state index in [1.54, 1.807) is 0 Å². The van der Waals surface area contributed by atoms with E-state index in [-0.39, 0.29) is 6.04 Å². The molecular formula is C18H17N7O. The highest BCUT2D eigenvalue weighted by Crippen LogP contribution is 2.32. The van der Waals surface area contributed by atoms with Gasteiger partial charge in [-0.05, 0) is 30.4 Å². The minimum atomic E-state index is 0.237. The standard InChI is InChI=1S/C18H17N7O/c19-17-16-14(8-15-22-10-26-24-15)23-25(18(16)21-9-20-17)13-6-5-11-3-1-2-4-12(11)7-13/h1-4,9-10,13H,5-8H2,(H2,19,20,21). The summed E-state index contributed by atoms with van der Waals surface area (Å²) < 4.78 is 6.83. The van der Waals surface area contributed by atoms with Crippen LogP contribution in [0.1, 0.15) is 35.1 Å². The lowest BCUT2D eigenvalue weighted by atomic mass is 9.88. The molecule has 1 unspecified atom stereocenters. The zero-order valence-corrected chi connectivity index (χ0v) is 14.0. The van der Waals surface area contributed by atoms with Crippen LogP contribution in [0.3, 0.4) is 0 Å². The maximum absolute atomic E-state index is 6.14. The predicted octanol–water partition coefficient (Wildman–Crippen LogP) is 2.11. The number of nitrogens with zero attached hydrogens (tertiary/aromatic N) is 6. The number of rotatable bonds is 3. The first kappa shape index (κ1) is 15.0. The Bertz CT molecular complexity index is 1070. The number of nitrogens with two attached hydrogens (primary N) is 1. The van der Waals surface area contributed by atoms with Gasteiger partial charge in [-0.3, -0.25) is 0 Å². The van der Waals surface area contributed by atoms with Crippen LogP contribution in [0.4, 0.5) is 5.82 Å². The van der Waals surface area contributed by atoms with Crippen LogP contribution in [0, 0.1) is 0 Å². The van der Waals surface area contributed by atoms with E-state index in [9.17, 15) is 0 Å². The van der Waals surface area contributed by atoms with E-state index in [2.05, 4.69) is 44.4 Å². The second kappa shape index (κ2) is 5.91. The highest BCUT2D eigenvalue weighted by Gasteiger charge is 2.25. The number of aromatic nitrogens is 6. The molecule has 130 valence electrons. The van der Waals surface area contributed by atoms with Crippen molar-refractivity contribution >= 4 is 16.9 Å². The largest absolute Gasteiger partial charge is 0.383 e. The molecule has 0 bridgehead atoms. The second-order valence-electron chi connectivity index (χ2n) is 6.54. The van der Waals surface area contributed by atoms with Crippen LogP contribution in [0.15, 0.2) is 41.5 Å². The third kappa shape index (κ3) is 2.42. The van der Waals surface area contributed by atoms with Crippen molar-refractivity contribution in [3.05, 3.63) is 59.6 Å². The van der Waals surface area contributed by atoms with Gasteiger partial charge in [0.2, 0.25) is 6.39 Å². The summed E-state index contributed by atoms with van der Waals surface area (Å²) in [5.41, 5.74) is 10.5. The molecule has 1 aliphatic carbocycles. The number of aryl methyl sites for hydroxylation is 1. The van der Waals surface area contributed by atoms with Crippen LogP contribution >= 0.6 is 0 Å². The fourth-order valence-corrected chi connectivity index (χ4v) is 3.75. The van der Waals surface area contributed by atoms with Crippen molar-refractivity contribution in [2.24, 2.45) is 0 Å². The SMILES string of the molecule is Nc1ncnc2c1c(Cc1ncon1)nn2C1CCc2ccccc2C1. The van der Waals surface area contributed by atoms with Crippen LogP contribution in [-0.4, -0.2) is 29.9 Å². The molecule has 5 rings (SSSR count). The summed E-state index contributed by atoms with van der Waals surface area (Å²) in [6.07, 6.45) is 6.21. The van der Waals surface area contributed by atoms with E-state index in [4.69, 9.17) is 15.4 Å². The molecule has 3 aromatic heterocycles. The molecule has 8 nitrogen and oxygen atoms in total. The molecule has 0 fully saturated rings. The lowest BCUT2D eigenvalue weighted by molar-refractivity contribution is 0.407. The molecule has 0 saturated heterocycles. The van der Waals surface area contributed by atoms with E-state index in [0.717, 1.165) is 36.0 Å². The molecule has 0 amide bonds. The fourth-order valence-electron chi connectivity index (χ4n) is 3.75. The molecule has 4 aromatic rings. The van der Waals surface area contributed by atoms with Gasteiger partial charge >= 0.3 is 0 Å². The van der Waals surface area contributed by atoms with Gasteiger partial charge in [-0.1, -0.05) is 29.4 Å². The van der Waals surface area contributed by atoms with Crippen LogP contribution in [0.2, 0.25) is 0 Å². The molecule has 1 aromatic carbocycles. The minimum absolute atomic E-state index is 0.237. The molecule has 1 aliphatic rings. The number of hydrogen-bond acceptors (Lipinski definition) is 7. The van der Waals surface area contributed by atoms with Gasteiger partial charge < -0.3 is 10.3 Å². The van der Waals surface area contributed by atoms with Crippen molar-refractivity contribution in [1.29, 1.82) is 0 Å². The lowest BCUT2D eigenvalue weighted by Crippen LogP contribution is -2.20. The second-order valence-corrected chi connectivity index (χ2v) is 6.54. The quantitative estimate of drug-likeness (QED) is 0.604. The molecule has 2 N–H and O–H groups in total. The Labute approximate surface area is 149 Å². The smallest absolute Gasteiger partial charge is 0.213 e. The lowest BCUT2D eigenvalue weighted by Gasteiger charge is -2.25. The highest BCUT2D eigenvalue weighted by molar-refractivity contribution is 5.88. The van der Waals surface area contributed by atoms with Crippen molar-refractivity contribution in [1.82, 2.24) is 29.9 Å². The van der Waals surface area contributed by atoms with Crippen molar-refractivity contribution < 1.29 is 4.52 Å². The minimum Gasteiger partial charge on any atom is -0.383 e. The zero-order valence-electron chi connectivity index (χ0n) is 14.0. The van der Waals surface area contributed by atoms with Crippen LogP contribution < -0.4 is 5.73 Å². The summed E-state index contributed by atoms with van der Waals surface area (Å²) in [6.45, 7) is 0. The Morgan fingerprint density at radius 2 is 2.04 bits per heavy atom. The Hall–Kier alpha value is -3.29. The van der Waals surface area contributed by atoms with Gasteiger partial charge in [-0.15, -0.1) is 0 Å². The zero-order chi connectivity index (χ0) is 17.5. The van der Waals surface area contributed by atoms with Crippen LogP contribution in [0.5, 0.6) is 0 Å².